The second-order valence-corrected chi connectivity index (χ2v) is 5.69. The van der Waals surface area contributed by atoms with Gasteiger partial charge >= 0.3 is 0 Å². The van der Waals surface area contributed by atoms with Crippen LogP contribution in [0.3, 0.4) is 0 Å². The van der Waals surface area contributed by atoms with E-state index in [4.69, 9.17) is 4.74 Å². The molecule has 2 aromatic rings. The Labute approximate surface area is 111 Å². The third-order valence-corrected chi connectivity index (χ3v) is 3.44. The fraction of sp³-hybridized carbons (Fsp3) is 0.357. The molecule has 0 spiro atoms. The molecule has 18 heavy (non-hydrogen) atoms. The maximum atomic E-state index is 10.2. The van der Waals surface area contributed by atoms with E-state index in [2.05, 4.69) is 4.98 Å². The van der Waals surface area contributed by atoms with Gasteiger partial charge in [-0.3, -0.25) is 0 Å². The number of hydrogen-bond acceptors (Lipinski definition) is 4. The van der Waals surface area contributed by atoms with Crippen LogP contribution >= 0.6 is 11.3 Å². The van der Waals surface area contributed by atoms with Crippen molar-refractivity contribution in [2.24, 2.45) is 0 Å². The van der Waals surface area contributed by atoms with Crippen molar-refractivity contribution in [2.45, 2.75) is 33.0 Å². The van der Waals surface area contributed by atoms with Crippen LogP contribution in [0.4, 0.5) is 0 Å². The van der Waals surface area contributed by atoms with E-state index in [1.54, 1.807) is 6.20 Å². The molecular weight excluding hydrogens is 246 g/mol. The normalized spacial score (nSPS) is 12.7. The molecule has 0 fully saturated rings. The molecule has 3 nitrogen and oxygen atoms in total. The minimum Gasteiger partial charge on any atom is -0.491 e. The molecule has 0 saturated carbocycles. The van der Waals surface area contributed by atoms with Gasteiger partial charge in [0.05, 0.1) is 16.0 Å². The molecule has 0 radical (unpaired) electrons. The first-order valence-electron chi connectivity index (χ1n) is 5.93. The van der Waals surface area contributed by atoms with E-state index in [1.165, 1.54) is 11.3 Å². The first kappa shape index (κ1) is 13.1. The van der Waals surface area contributed by atoms with Crippen molar-refractivity contribution in [3.63, 3.8) is 0 Å². The Kier molecular flexibility index (Phi) is 3.99. The molecule has 1 atom stereocenters. The molecule has 0 saturated heterocycles. The lowest BCUT2D eigenvalue weighted by Crippen LogP contribution is -2.05. The molecule has 1 aromatic carbocycles. The fourth-order valence-corrected chi connectivity index (χ4v) is 2.47. The molecule has 1 aromatic heterocycles. The van der Waals surface area contributed by atoms with Crippen LogP contribution in [0.15, 0.2) is 30.5 Å². The minimum atomic E-state index is -0.607. The van der Waals surface area contributed by atoms with Gasteiger partial charge in [-0.15, -0.1) is 11.3 Å². The Balaban J connectivity index is 2.14. The van der Waals surface area contributed by atoms with Gasteiger partial charge in [-0.2, -0.15) is 0 Å². The van der Waals surface area contributed by atoms with Crippen molar-refractivity contribution in [3.05, 3.63) is 45.9 Å². The number of hydrogen-bond donors (Lipinski definition) is 1. The average molecular weight is 263 g/mol. The maximum absolute atomic E-state index is 10.2. The van der Waals surface area contributed by atoms with Gasteiger partial charge in [-0.25, -0.2) is 4.98 Å². The summed E-state index contributed by atoms with van der Waals surface area (Å²) < 4.78 is 5.57. The maximum Gasteiger partial charge on any atom is 0.119 e. The Morgan fingerprint density at radius 3 is 2.39 bits per heavy atom. The molecule has 4 heteroatoms. The third kappa shape index (κ3) is 3.09. The predicted octanol–water partition coefficient (Wildman–Crippen LogP) is 3.32. The number of aliphatic hydroxyl groups is 1. The van der Waals surface area contributed by atoms with Gasteiger partial charge in [-0.05, 0) is 38.5 Å². The summed E-state index contributed by atoms with van der Waals surface area (Å²) in [5.74, 6) is 0.821. The number of benzene rings is 1. The number of aliphatic hydroxyl groups excluding tert-OH is 1. The summed E-state index contributed by atoms with van der Waals surface area (Å²) >= 11 is 1.51. The van der Waals surface area contributed by atoms with Gasteiger partial charge in [0.15, 0.2) is 0 Å². The Morgan fingerprint density at radius 2 is 1.89 bits per heavy atom. The zero-order valence-electron chi connectivity index (χ0n) is 10.8. The third-order valence-electron chi connectivity index (χ3n) is 2.48. The van der Waals surface area contributed by atoms with Crippen LogP contribution in [0.25, 0.3) is 0 Å². The number of thiazole rings is 1. The first-order chi connectivity index (χ1) is 8.56. The minimum absolute atomic E-state index is 0.157. The number of ether oxygens (including phenoxy) is 1. The van der Waals surface area contributed by atoms with Gasteiger partial charge in [-0.1, -0.05) is 12.1 Å². The van der Waals surface area contributed by atoms with Crippen molar-refractivity contribution in [1.29, 1.82) is 0 Å². The molecular formula is C14H17NO2S. The van der Waals surface area contributed by atoms with Crippen LogP contribution < -0.4 is 4.74 Å². The van der Waals surface area contributed by atoms with Gasteiger partial charge in [0, 0.05) is 6.20 Å². The Morgan fingerprint density at radius 1 is 1.22 bits per heavy atom. The van der Waals surface area contributed by atoms with E-state index in [-0.39, 0.29) is 6.10 Å². The van der Waals surface area contributed by atoms with Crippen molar-refractivity contribution in [2.75, 3.05) is 0 Å². The molecule has 1 unspecified atom stereocenters. The summed E-state index contributed by atoms with van der Waals surface area (Å²) in [5, 5.41) is 11.2. The molecule has 0 aliphatic rings. The van der Waals surface area contributed by atoms with Crippen molar-refractivity contribution >= 4 is 11.3 Å². The van der Waals surface area contributed by atoms with E-state index < -0.39 is 6.10 Å². The summed E-state index contributed by atoms with van der Waals surface area (Å²) in [4.78, 5) is 5.02. The number of nitrogens with zero attached hydrogens (tertiary/aromatic N) is 1. The van der Waals surface area contributed by atoms with E-state index in [9.17, 15) is 5.11 Å². The van der Waals surface area contributed by atoms with Gasteiger partial charge in [0.2, 0.25) is 0 Å². The predicted molar refractivity (Wildman–Crippen MR) is 73.1 cm³/mol. The van der Waals surface area contributed by atoms with E-state index >= 15 is 0 Å². The lowest BCUT2D eigenvalue weighted by atomic mass is 10.1. The van der Waals surface area contributed by atoms with Crippen molar-refractivity contribution < 1.29 is 9.84 Å². The first-order valence-corrected chi connectivity index (χ1v) is 6.75. The SMILES string of the molecule is Cc1ncc(C(O)c2ccc(OC(C)C)cc2)s1. The summed E-state index contributed by atoms with van der Waals surface area (Å²) in [6.45, 7) is 5.91. The van der Waals surface area contributed by atoms with Crippen LogP contribution in [0.5, 0.6) is 5.75 Å². The van der Waals surface area contributed by atoms with Gasteiger partial charge in [0.1, 0.15) is 11.9 Å². The molecule has 1 N–H and O–H groups in total. The fourth-order valence-electron chi connectivity index (χ4n) is 1.67. The second kappa shape index (κ2) is 5.50. The topological polar surface area (TPSA) is 42.4 Å². The van der Waals surface area contributed by atoms with Crippen LogP contribution in [0.2, 0.25) is 0 Å². The molecule has 2 rings (SSSR count). The highest BCUT2D eigenvalue weighted by Gasteiger charge is 2.13. The van der Waals surface area contributed by atoms with E-state index in [0.29, 0.717) is 0 Å². The number of aromatic nitrogens is 1. The zero-order chi connectivity index (χ0) is 13.1. The van der Waals surface area contributed by atoms with E-state index in [0.717, 1.165) is 21.2 Å². The van der Waals surface area contributed by atoms with Crippen LogP contribution in [0.1, 0.15) is 35.4 Å². The van der Waals surface area contributed by atoms with Crippen LogP contribution in [0, 0.1) is 6.92 Å². The molecule has 0 amide bonds. The number of rotatable bonds is 4. The molecule has 0 aliphatic heterocycles. The summed E-state index contributed by atoms with van der Waals surface area (Å²) in [5.41, 5.74) is 0.856. The Hall–Kier alpha value is -1.39. The highest BCUT2D eigenvalue weighted by atomic mass is 32.1. The lowest BCUT2D eigenvalue weighted by Gasteiger charge is -2.12. The highest BCUT2D eigenvalue weighted by molar-refractivity contribution is 7.11. The Bertz CT molecular complexity index is 505. The second-order valence-electron chi connectivity index (χ2n) is 4.42. The van der Waals surface area contributed by atoms with Crippen molar-refractivity contribution in [1.82, 2.24) is 4.98 Å². The molecule has 0 aliphatic carbocycles. The quantitative estimate of drug-likeness (QED) is 0.920. The highest BCUT2D eigenvalue weighted by Crippen LogP contribution is 2.27. The van der Waals surface area contributed by atoms with Crippen LogP contribution in [-0.4, -0.2) is 16.2 Å². The molecule has 1 heterocycles. The summed E-state index contributed by atoms with van der Waals surface area (Å²) in [6, 6.07) is 7.54. The van der Waals surface area contributed by atoms with Gasteiger partial charge < -0.3 is 9.84 Å². The largest absolute Gasteiger partial charge is 0.491 e. The summed E-state index contributed by atoms with van der Waals surface area (Å²) in [6.07, 6.45) is 1.28. The standard InChI is InChI=1S/C14H17NO2S/c1-9(2)17-12-6-4-11(5-7-12)14(16)13-8-15-10(3)18-13/h4-9,14,16H,1-3H3. The van der Waals surface area contributed by atoms with E-state index in [1.807, 2.05) is 45.0 Å². The number of aryl methyl sites for hydroxylation is 1. The summed E-state index contributed by atoms with van der Waals surface area (Å²) in [7, 11) is 0. The monoisotopic (exact) mass is 263 g/mol. The molecule has 0 bridgehead atoms. The van der Waals surface area contributed by atoms with Crippen LogP contribution in [-0.2, 0) is 0 Å². The molecule has 96 valence electrons. The smallest absolute Gasteiger partial charge is 0.119 e. The van der Waals surface area contributed by atoms with Crippen molar-refractivity contribution in [3.8, 4) is 5.75 Å². The average Bonchev–Trinajstić information content (AvgIpc) is 2.75. The zero-order valence-corrected chi connectivity index (χ0v) is 11.6. The lowest BCUT2D eigenvalue weighted by molar-refractivity contribution is 0.223. The van der Waals surface area contributed by atoms with Gasteiger partial charge in [0.25, 0.3) is 0 Å².